The van der Waals surface area contributed by atoms with Gasteiger partial charge >= 0.3 is 0 Å². The highest BCUT2D eigenvalue weighted by Gasteiger charge is 2.29. The number of aromatic nitrogens is 1. The molecule has 0 bridgehead atoms. The van der Waals surface area contributed by atoms with Gasteiger partial charge in [0.05, 0.1) is 22.2 Å². The zero-order valence-corrected chi connectivity index (χ0v) is 25.3. The van der Waals surface area contributed by atoms with Crippen molar-refractivity contribution in [3.05, 3.63) is 68.1 Å². The number of thiazole rings is 1. The van der Waals surface area contributed by atoms with Gasteiger partial charge in [-0.2, -0.15) is 25.8 Å². The smallest absolute Gasteiger partial charge is 0.299 e. The number of anilines is 1. The van der Waals surface area contributed by atoms with E-state index < -0.39 is 37.6 Å². The number of hydrogen-bond donors (Lipinski definition) is 2. The summed E-state index contributed by atoms with van der Waals surface area (Å²) < 4.78 is 81.7. The summed E-state index contributed by atoms with van der Waals surface area (Å²) in [5.74, 6) is -1.42. The van der Waals surface area contributed by atoms with Crippen molar-refractivity contribution >= 4 is 88.3 Å². The third-order valence-corrected chi connectivity index (χ3v) is 10.1. The minimum absolute atomic E-state index is 0.0652. The molecule has 39 heavy (non-hydrogen) atoms. The van der Waals surface area contributed by atoms with Gasteiger partial charge in [-0.15, -0.1) is 0 Å². The quantitative estimate of drug-likeness (QED) is 0.196. The van der Waals surface area contributed by atoms with Crippen LogP contribution < -0.4 is 9.47 Å². The van der Waals surface area contributed by atoms with Gasteiger partial charge in [-0.25, -0.2) is 0 Å². The lowest BCUT2D eigenvalue weighted by Crippen LogP contribution is -2.36. The Morgan fingerprint density at radius 3 is 2.36 bits per heavy atom. The molecular formula is C24H24Cl2FN2O6S4+. The van der Waals surface area contributed by atoms with E-state index >= 15 is 4.39 Å². The van der Waals surface area contributed by atoms with Gasteiger partial charge in [0.15, 0.2) is 6.54 Å². The minimum atomic E-state index is -4.18. The molecule has 15 heteroatoms. The minimum Gasteiger partial charge on any atom is -0.335 e. The number of allylic oxidation sites excluding steroid dienone is 2. The van der Waals surface area contributed by atoms with E-state index in [0.29, 0.717) is 20.6 Å². The van der Waals surface area contributed by atoms with Crippen LogP contribution in [-0.4, -0.2) is 44.0 Å². The fourth-order valence-corrected chi connectivity index (χ4v) is 7.74. The maximum absolute atomic E-state index is 16.0. The highest BCUT2D eigenvalue weighted by molar-refractivity contribution is 8.03. The SMILES string of the molecule is CC(/C=C1/Sc2ccc(Cl)cc2N1CCCS(=O)(=O)O)=C(/F)c1sc2ccc(Cl)cc2[n+]1CCCS(=O)(=O)O. The average Bonchev–Trinajstić information content (AvgIpc) is 3.34. The Morgan fingerprint density at radius 1 is 1.03 bits per heavy atom. The van der Waals surface area contributed by atoms with Crippen molar-refractivity contribution in [3.63, 3.8) is 0 Å². The molecule has 0 spiro atoms. The monoisotopic (exact) mass is 653 g/mol. The Balaban J connectivity index is 1.72. The van der Waals surface area contributed by atoms with Gasteiger partial charge in [-0.3, -0.25) is 9.11 Å². The summed E-state index contributed by atoms with van der Waals surface area (Å²) in [5, 5.41) is 1.84. The van der Waals surface area contributed by atoms with Gasteiger partial charge in [0.25, 0.3) is 25.2 Å². The van der Waals surface area contributed by atoms with E-state index in [1.54, 1.807) is 47.9 Å². The average molecular weight is 655 g/mol. The molecule has 210 valence electrons. The van der Waals surface area contributed by atoms with Crippen LogP contribution in [0.5, 0.6) is 0 Å². The van der Waals surface area contributed by atoms with E-state index in [-0.39, 0.29) is 36.5 Å². The number of fused-ring (bicyclic) bond motifs is 2. The van der Waals surface area contributed by atoms with Crippen LogP contribution in [0.4, 0.5) is 10.1 Å². The number of hydrogen-bond acceptors (Lipinski definition) is 7. The fraction of sp³-hybridized carbons (Fsp3) is 0.292. The van der Waals surface area contributed by atoms with E-state index in [4.69, 9.17) is 32.3 Å². The largest absolute Gasteiger partial charge is 0.335 e. The molecule has 0 atom stereocenters. The molecule has 0 amide bonds. The normalized spacial score (nSPS) is 15.7. The molecule has 0 radical (unpaired) electrons. The molecule has 0 unspecified atom stereocenters. The molecule has 2 N–H and O–H groups in total. The van der Waals surface area contributed by atoms with E-state index in [1.165, 1.54) is 23.1 Å². The summed E-state index contributed by atoms with van der Waals surface area (Å²) in [6.07, 6.45) is 1.86. The number of aryl methyl sites for hydroxylation is 1. The lowest BCUT2D eigenvalue weighted by atomic mass is 10.2. The Kier molecular flexibility index (Phi) is 9.33. The first-order valence-corrected chi connectivity index (χ1v) is 17.2. The summed E-state index contributed by atoms with van der Waals surface area (Å²) in [5.41, 5.74) is 1.68. The highest BCUT2D eigenvalue weighted by Crippen LogP contribution is 2.47. The van der Waals surface area contributed by atoms with Crippen LogP contribution in [0.3, 0.4) is 0 Å². The summed E-state index contributed by atoms with van der Waals surface area (Å²) in [6.45, 7) is 1.99. The van der Waals surface area contributed by atoms with Crippen LogP contribution in [-0.2, 0) is 26.8 Å². The lowest BCUT2D eigenvalue weighted by Gasteiger charge is -2.20. The standard InChI is InChI=1S/C24H23Cl2FN2O6S4/c1-15(12-22-28(8-2-10-38(30,31)32)18-13-16(25)4-6-20(18)36-22)23(27)24-29(9-3-11-39(33,34)35)19-14-17(26)5-7-21(19)37-24/h4-7,12-14H,2-3,8-11H2,1H3,(H-,30,31,32,33,34,35)/p+1. The van der Waals surface area contributed by atoms with Crippen molar-refractivity contribution in [1.29, 1.82) is 0 Å². The molecule has 4 rings (SSSR count). The van der Waals surface area contributed by atoms with Gasteiger partial charge in [-0.05, 0) is 55.3 Å². The molecule has 1 aliphatic heterocycles. The van der Waals surface area contributed by atoms with Crippen LogP contribution in [0.15, 0.2) is 58.0 Å². The zero-order valence-electron chi connectivity index (χ0n) is 20.5. The summed E-state index contributed by atoms with van der Waals surface area (Å²) >= 11 is 14.9. The Hall–Kier alpha value is -1.71. The lowest BCUT2D eigenvalue weighted by molar-refractivity contribution is -0.669. The molecule has 1 aliphatic rings. The predicted octanol–water partition coefficient (Wildman–Crippen LogP) is 6.21. The Labute approximate surface area is 244 Å². The second-order valence-electron chi connectivity index (χ2n) is 8.80. The molecule has 0 fully saturated rings. The van der Waals surface area contributed by atoms with Crippen molar-refractivity contribution in [2.24, 2.45) is 0 Å². The third kappa shape index (κ3) is 7.73. The Morgan fingerprint density at radius 2 is 1.67 bits per heavy atom. The van der Waals surface area contributed by atoms with E-state index in [0.717, 1.165) is 15.3 Å². The van der Waals surface area contributed by atoms with Crippen molar-refractivity contribution in [2.75, 3.05) is 23.0 Å². The maximum Gasteiger partial charge on any atom is 0.299 e. The van der Waals surface area contributed by atoms with Gasteiger partial charge in [0.2, 0.25) is 11.3 Å². The van der Waals surface area contributed by atoms with Crippen molar-refractivity contribution < 1.29 is 34.9 Å². The molecule has 0 saturated heterocycles. The highest BCUT2D eigenvalue weighted by atomic mass is 35.5. The summed E-state index contributed by atoms with van der Waals surface area (Å²) in [4.78, 5) is 2.70. The number of rotatable bonds is 10. The molecule has 8 nitrogen and oxygen atoms in total. The number of nitrogens with zero attached hydrogens (tertiary/aromatic N) is 2. The van der Waals surface area contributed by atoms with Crippen LogP contribution in [0, 0.1) is 0 Å². The first kappa shape index (κ1) is 30.3. The van der Waals surface area contributed by atoms with E-state index in [9.17, 15) is 16.8 Å². The second-order valence-corrected chi connectivity index (χ2v) is 14.9. The number of halogens is 3. The molecule has 2 aromatic carbocycles. The topological polar surface area (TPSA) is 116 Å². The van der Waals surface area contributed by atoms with Gasteiger partial charge in [0.1, 0.15) is 4.70 Å². The Bertz CT molecular complexity index is 1700. The van der Waals surface area contributed by atoms with Gasteiger partial charge in [0, 0.05) is 34.0 Å². The van der Waals surface area contributed by atoms with Crippen LogP contribution >= 0.6 is 46.3 Å². The number of thioether (sulfide) groups is 1. The number of benzene rings is 2. The van der Waals surface area contributed by atoms with Crippen molar-refractivity contribution in [3.8, 4) is 0 Å². The predicted molar refractivity (Wildman–Crippen MR) is 156 cm³/mol. The first-order valence-electron chi connectivity index (χ1n) is 11.6. The molecule has 3 aromatic rings. The maximum atomic E-state index is 16.0. The zero-order chi connectivity index (χ0) is 28.5. The van der Waals surface area contributed by atoms with Gasteiger partial charge in [-0.1, -0.05) is 46.3 Å². The molecule has 2 heterocycles. The fourth-order valence-electron chi connectivity index (χ4n) is 4.08. The van der Waals surface area contributed by atoms with Crippen molar-refractivity contribution in [2.45, 2.75) is 31.2 Å². The summed E-state index contributed by atoms with van der Waals surface area (Å²) in [7, 11) is -8.32. The van der Waals surface area contributed by atoms with Crippen LogP contribution in [0.25, 0.3) is 16.0 Å². The molecule has 0 aliphatic carbocycles. The van der Waals surface area contributed by atoms with Gasteiger partial charge < -0.3 is 4.90 Å². The van der Waals surface area contributed by atoms with E-state index in [2.05, 4.69) is 0 Å². The summed E-state index contributed by atoms with van der Waals surface area (Å²) in [6, 6.07) is 10.4. The molecule has 1 aromatic heterocycles. The van der Waals surface area contributed by atoms with Crippen molar-refractivity contribution in [1.82, 2.24) is 0 Å². The first-order chi connectivity index (χ1) is 18.2. The third-order valence-electron chi connectivity index (χ3n) is 5.80. The molecular weight excluding hydrogens is 630 g/mol. The van der Waals surface area contributed by atoms with Crippen LogP contribution in [0.1, 0.15) is 24.8 Å². The second kappa shape index (κ2) is 12.0. The van der Waals surface area contributed by atoms with Crippen LogP contribution in [0.2, 0.25) is 10.0 Å². The van der Waals surface area contributed by atoms with E-state index in [1.807, 2.05) is 11.0 Å². The molecule has 0 saturated carbocycles.